The molecule has 0 saturated carbocycles. The van der Waals surface area contributed by atoms with Gasteiger partial charge >= 0.3 is 0 Å². The molecule has 2 aromatic rings. The fourth-order valence-corrected chi connectivity index (χ4v) is 4.40. The van der Waals surface area contributed by atoms with Gasteiger partial charge in [0, 0.05) is 38.8 Å². The Morgan fingerprint density at radius 2 is 2.00 bits per heavy atom. The molecule has 1 aliphatic heterocycles. The summed E-state index contributed by atoms with van der Waals surface area (Å²) in [4.78, 5) is 17.4. The molecule has 0 unspecified atom stereocenters. The molecule has 0 aliphatic carbocycles. The van der Waals surface area contributed by atoms with Crippen molar-refractivity contribution >= 4 is 32.9 Å². The predicted octanol–water partition coefficient (Wildman–Crippen LogP) is 2.07. The van der Waals surface area contributed by atoms with Crippen LogP contribution in [0.25, 0.3) is 11.0 Å². The van der Waals surface area contributed by atoms with Crippen LogP contribution < -0.4 is 5.32 Å². The van der Waals surface area contributed by atoms with Crippen molar-refractivity contribution in [3.63, 3.8) is 0 Å². The molecule has 9 heteroatoms. The van der Waals surface area contributed by atoms with Gasteiger partial charge in [-0.1, -0.05) is 12.1 Å². The number of amides is 1. The average molecular weight is 409 g/mol. The summed E-state index contributed by atoms with van der Waals surface area (Å²) in [5.74, 6) is 0.220. The highest BCUT2D eigenvalue weighted by molar-refractivity contribution is 7.88. The van der Waals surface area contributed by atoms with Crippen LogP contribution in [-0.2, 0) is 26.1 Å². The number of imidazole rings is 1. The van der Waals surface area contributed by atoms with E-state index in [1.54, 1.807) is 0 Å². The molecule has 2 heterocycles. The molecule has 1 N–H and O–H groups in total. The van der Waals surface area contributed by atoms with E-state index in [9.17, 15) is 13.2 Å². The first kappa shape index (κ1) is 20.8. The summed E-state index contributed by atoms with van der Waals surface area (Å²) in [7, 11) is -3.20. The van der Waals surface area contributed by atoms with Crippen LogP contribution in [-0.4, -0.2) is 60.7 Å². The van der Waals surface area contributed by atoms with Gasteiger partial charge in [0.05, 0.1) is 17.3 Å². The molecule has 28 heavy (non-hydrogen) atoms. The van der Waals surface area contributed by atoms with E-state index in [1.807, 2.05) is 35.8 Å². The Balaban J connectivity index is 1.70. The number of benzene rings is 1. The molecule has 1 aliphatic rings. The van der Waals surface area contributed by atoms with Gasteiger partial charge in [0.1, 0.15) is 0 Å². The van der Waals surface area contributed by atoms with Gasteiger partial charge in [0.2, 0.25) is 21.9 Å². The van der Waals surface area contributed by atoms with Crippen molar-refractivity contribution in [3.8, 4) is 0 Å². The van der Waals surface area contributed by atoms with Gasteiger partial charge in [-0.3, -0.25) is 10.1 Å². The van der Waals surface area contributed by atoms with Crippen molar-refractivity contribution in [1.29, 1.82) is 0 Å². The Kier molecular flexibility index (Phi) is 6.69. The van der Waals surface area contributed by atoms with E-state index in [0.717, 1.165) is 17.5 Å². The third kappa shape index (κ3) is 4.89. The van der Waals surface area contributed by atoms with Crippen molar-refractivity contribution < 1.29 is 17.9 Å². The molecular formula is C19H28N4O4S. The minimum absolute atomic E-state index is 0.102. The number of rotatable bonds is 8. The van der Waals surface area contributed by atoms with E-state index in [0.29, 0.717) is 51.6 Å². The number of aryl methyl sites for hydroxylation is 1. The zero-order valence-corrected chi connectivity index (χ0v) is 17.2. The molecule has 3 rings (SSSR count). The third-order valence-electron chi connectivity index (χ3n) is 5.06. The molecule has 1 aromatic heterocycles. The number of carbonyl (C=O) groups is 1. The molecule has 1 fully saturated rings. The summed E-state index contributed by atoms with van der Waals surface area (Å²) < 4.78 is 32.2. The molecule has 0 atom stereocenters. The Hall–Kier alpha value is -1.97. The SMILES string of the molecule is CCOCCCn1c(NC(=O)C2CCN(S(C)(=O)=O)CC2)nc2ccccc21. The molecule has 0 radical (unpaired) electrons. The maximum Gasteiger partial charge on any atom is 0.229 e. The molecule has 1 aromatic carbocycles. The average Bonchev–Trinajstić information content (AvgIpc) is 3.02. The van der Waals surface area contributed by atoms with Crippen LogP contribution in [0.2, 0.25) is 0 Å². The van der Waals surface area contributed by atoms with Crippen LogP contribution in [0.5, 0.6) is 0 Å². The summed E-state index contributed by atoms with van der Waals surface area (Å²) in [5.41, 5.74) is 1.81. The van der Waals surface area contributed by atoms with Crippen LogP contribution in [0, 0.1) is 5.92 Å². The number of anilines is 1. The fourth-order valence-electron chi connectivity index (χ4n) is 3.53. The van der Waals surface area contributed by atoms with E-state index in [1.165, 1.54) is 10.6 Å². The Morgan fingerprint density at radius 1 is 1.29 bits per heavy atom. The van der Waals surface area contributed by atoms with Gasteiger partial charge in [0.25, 0.3) is 0 Å². The first-order valence-electron chi connectivity index (χ1n) is 9.69. The summed E-state index contributed by atoms with van der Waals surface area (Å²) in [6.45, 7) is 4.75. The van der Waals surface area contributed by atoms with Crippen LogP contribution >= 0.6 is 0 Å². The monoisotopic (exact) mass is 408 g/mol. The minimum atomic E-state index is -3.20. The van der Waals surface area contributed by atoms with E-state index < -0.39 is 10.0 Å². The van der Waals surface area contributed by atoms with Gasteiger partial charge in [-0.2, -0.15) is 0 Å². The number of nitrogens with one attached hydrogen (secondary N) is 1. The highest BCUT2D eigenvalue weighted by atomic mass is 32.2. The number of sulfonamides is 1. The highest BCUT2D eigenvalue weighted by Crippen LogP contribution is 2.24. The smallest absolute Gasteiger partial charge is 0.229 e. The van der Waals surface area contributed by atoms with Crippen molar-refractivity contribution in [2.75, 3.05) is 37.9 Å². The van der Waals surface area contributed by atoms with E-state index in [2.05, 4.69) is 10.3 Å². The van der Waals surface area contributed by atoms with Crippen LogP contribution in [0.3, 0.4) is 0 Å². The third-order valence-corrected chi connectivity index (χ3v) is 6.36. The van der Waals surface area contributed by atoms with Crippen molar-refractivity contribution in [3.05, 3.63) is 24.3 Å². The normalized spacial score (nSPS) is 16.5. The first-order chi connectivity index (χ1) is 13.4. The molecular weight excluding hydrogens is 380 g/mol. The predicted molar refractivity (Wildman–Crippen MR) is 109 cm³/mol. The largest absolute Gasteiger partial charge is 0.382 e. The zero-order chi connectivity index (χ0) is 20.1. The van der Waals surface area contributed by atoms with Crippen LogP contribution in [0.15, 0.2) is 24.3 Å². The van der Waals surface area contributed by atoms with Crippen LogP contribution in [0.1, 0.15) is 26.2 Å². The lowest BCUT2D eigenvalue weighted by Crippen LogP contribution is -2.41. The lowest BCUT2D eigenvalue weighted by molar-refractivity contribution is -0.121. The zero-order valence-electron chi connectivity index (χ0n) is 16.4. The number of fused-ring (bicyclic) bond motifs is 1. The summed E-state index contributed by atoms with van der Waals surface area (Å²) >= 11 is 0. The second-order valence-corrected chi connectivity index (χ2v) is 9.03. The quantitative estimate of drug-likeness (QED) is 0.675. The van der Waals surface area contributed by atoms with Crippen molar-refractivity contribution in [2.45, 2.75) is 32.7 Å². The van der Waals surface area contributed by atoms with E-state index in [4.69, 9.17) is 4.74 Å². The van der Waals surface area contributed by atoms with E-state index >= 15 is 0 Å². The molecule has 8 nitrogen and oxygen atoms in total. The number of ether oxygens (including phenoxy) is 1. The molecule has 1 saturated heterocycles. The van der Waals surface area contributed by atoms with Crippen molar-refractivity contribution in [1.82, 2.24) is 13.9 Å². The summed E-state index contributed by atoms with van der Waals surface area (Å²) in [6.07, 6.45) is 3.06. The van der Waals surface area contributed by atoms with Crippen molar-refractivity contribution in [2.24, 2.45) is 5.92 Å². The minimum Gasteiger partial charge on any atom is -0.382 e. The first-order valence-corrected chi connectivity index (χ1v) is 11.5. The Labute approximate surface area is 165 Å². The number of para-hydroxylation sites is 2. The number of hydrogen-bond acceptors (Lipinski definition) is 5. The number of piperidine rings is 1. The highest BCUT2D eigenvalue weighted by Gasteiger charge is 2.29. The fraction of sp³-hybridized carbons (Fsp3) is 0.579. The molecule has 0 spiro atoms. The topological polar surface area (TPSA) is 93.5 Å². The maximum atomic E-state index is 12.8. The Morgan fingerprint density at radius 3 is 2.68 bits per heavy atom. The second-order valence-electron chi connectivity index (χ2n) is 7.05. The molecule has 0 bridgehead atoms. The number of carbonyl (C=O) groups excluding carboxylic acids is 1. The summed E-state index contributed by atoms with van der Waals surface area (Å²) in [6, 6.07) is 7.79. The lowest BCUT2D eigenvalue weighted by atomic mass is 9.97. The van der Waals surface area contributed by atoms with Gasteiger partial charge in [-0.15, -0.1) is 0 Å². The molecule has 154 valence electrons. The number of nitrogens with zero attached hydrogens (tertiary/aromatic N) is 3. The standard InChI is InChI=1S/C19H28N4O4S/c1-3-27-14-6-11-23-17-8-5-4-7-16(17)20-19(23)21-18(24)15-9-12-22(13-10-15)28(2,25)26/h4-5,7-8,15H,3,6,9-14H2,1-2H3,(H,20,21,24). The molecule has 1 amide bonds. The van der Waals surface area contributed by atoms with Crippen LogP contribution in [0.4, 0.5) is 5.95 Å². The Bertz CT molecular complexity index is 917. The van der Waals surface area contributed by atoms with E-state index in [-0.39, 0.29) is 11.8 Å². The van der Waals surface area contributed by atoms with Gasteiger partial charge in [-0.05, 0) is 38.3 Å². The summed E-state index contributed by atoms with van der Waals surface area (Å²) in [5, 5.41) is 2.97. The van der Waals surface area contributed by atoms with Gasteiger partial charge in [-0.25, -0.2) is 17.7 Å². The number of hydrogen-bond donors (Lipinski definition) is 1. The van der Waals surface area contributed by atoms with Gasteiger partial charge < -0.3 is 9.30 Å². The van der Waals surface area contributed by atoms with Gasteiger partial charge in [0.15, 0.2) is 0 Å². The lowest BCUT2D eigenvalue weighted by Gasteiger charge is -2.29. The second kappa shape index (κ2) is 9.02. The maximum absolute atomic E-state index is 12.8. The number of aromatic nitrogens is 2.